The number of hydrogen-bond donors (Lipinski definition) is 1. The number of aromatic nitrogens is 1. The van der Waals surface area contributed by atoms with Crippen LogP contribution >= 0.6 is 0 Å². The number of nitrogens with zero attached hydrogens (tertiary/aromatic N) is 2. The van der Waals surface area contributed by atoms with Crippen molar-refractivity contribution in [2.45, 2.75) is 31.8 Å². The second-order valence-corrected chi connectivity index (χ2v) is 4.08. The molecule has 1 aliphatic carbocycles. The molecule has 3 heteroatoms. The van der Waals surface area contributed by atoms with E-state index < -0.39 is 0 Å². The fraction of sp³-hybridized carbons (Fsp3) is 0.545. The zero-order valence-electron chi connectivity index (χ0n) is 8.77. The molecular weight excluding hydrogens is 174 g/mol. The van der Waals surface area contributed by atoms with Gasteiger partial charge in [0.15, 0.2) is 0 Å². The Balaban J connectivity index is 2.20. The van der Waals surface area contributed by atoms with Crippen molar-refractivity contribution in [3.8, 4) is 0 Å². The van der Waals surface area contributed by atoms with Gasteiger partial charge in [0.2, 0.25) is 0 Å². The Morgan fingerprint density at radius 1 is 1.57 bits per heavy atom. The first kappa shape index (κ1) is 9.46. The summed E-state index contributed by atoms with van der Waals surface area (Å²) in [6.45, 7) is 2.00. The van der Waals surface area contributed by atoms with Crippen LogP contribution in [0.4, 0.5) is 5.82 Å². The third-order valence-corrected chi connectivity index (χ3v) is 2.75. The van der Waals surface area contributed by atoms with Crippen molar-refractivity contribution in [2.24, 2.45) is 5.73 Å². The maximum Gasteiger partial charge on any atom is 0.128 e. The summed E-state index contributed by atoms with van der Waals surface area (Å²) in [6, 6.07) is 4.85. The standard InChI is InChI=1S/C11H17N3/c1-8(12)9-5-6-13-11(7-9)14(2)10-3-4-10/h5-8,10H,3-4,12H2,1-2H3/t8-/m0/s1. The molecule has 1 aromatic rings. The molecular formula is C11H17N3. The van der Waals surface area contributed by atoms with E-state index in [1.807, 2.05) is 19.2 Å². The van der Waals surface area contributed by atoms with E-state index in [0.29, 0.717) is 6.04 Å². The monoisotopic (exact) mass is 191 g/mol. The number of anilines is 1. The van der Waals surface area contributed by atoms with E-state index in [0.717, 1.165) is 11.4 Å². The first-order valence-corrected chi connectivity index (χ1v) is 5.13. The van der Waals surface area contributed by atoms with Crippen molar-refractivity contribution in [1.82, 2.24) is 4.98 Å². The van der Waals surface area contributed by atoms with Crippen molar-refractivity contribution in [1.29, 1.82) is 0 Å². The SMILES string of the molecule is C[C@H](N)c1ccnc(N(C)C2CC2)c1. The summed E-state index contributed by atoms with van der Waals surface area (Å²) in [6.07, 6.45) is 4.42. The van der Waals surface area contributed by atoms with Crippen molar-refractivity contribution in [3.05, 3.63) is 23.9 Å². The highest BCUT2D eigenvalue weighted by Crippen LogP contribution is 2.29. The maximum absolute atomic E-state index is 5.83. The summed E-state index contributed by atoms with van der Waals surface area (Å²) in [5, 5.41) is 0. The molecule has 0 amide bonds. The van der Waals surface area contributed by atoms with Crippen LogP contribution in [0.3, 0.4) is 0 Å². The zero-order valence-corrected chi connectivity index (χ0v) is 8.77. The molecule has 14 heavy (non-hydrogen) atoms. The van der Waals surface area contributed by atoms with Crippen LogP contribution in [-0.4, -0.2) is 18.1 Å². The Kier molecular flexibility index (Phi) is 2.42. The lowest BCUT2D eigenvalue weighted by molar-refractivity contribution is 0.808. The summed E-state index contributed by atoms with van der Waals surface area (Å²) in [5.41, 5.74) is 6.98. The van der Waals surface area contributed by atoms with Crippen molar-refractivity contribution in [3.63, 3.8) is 0 Å². The normalized spacial score (nSPS) is 17.9. The summed E-state index contributed by atoms with van der Waals surface area (Å²) in [4.78, 5) is 6.60. The predicted molar refractivity (Wildman–Crippen MR) is 58.3 cm³/mol. The summed E-state index contributed by atoms with van der Waals surface area (Å²) in [5.74, 6) is 1.04. The Morgan fingerprint density at radius 3 is 2.86 bits per heavy atom. The average molecular weight is 191 g/mol. The van der Waals surface area contributed by atoms with Crippen LogP contribution in [0.15, 0.2) is 18.3 Å². The zero-order chi connectivity index (χ0) is 10.1. The molecule has 76 valence electrons. The Bertz CT molecular complexity index is 318. The second kappa shape index (κ2) is 3.58. The molecule has 2 N–H and O–H groups in total. The van der Waals surface area contributed by atoms with Gasteiger partial charge in [0.05, 0.1) is 0 Å². The number of pyridine rings is 1. The quantitative estimate of drug-likeness (QED) is 0.790. The third-order valence-electron chi connectivity index (χ3n) is 2.75. The summed E-state index contributed by atoms with van der Waals surface area (Å²) >= 11 is 0. The predicted octanol–water partition coefficient (Wildman–Crippen LogP) is 1.70. The van der Waals surface area contributed by atoms with Crippen LogP contribution in [0, 0.1) is 0 Å². The fourth-order valence-corrected chi connectivity index (χ4v) is 1.56. The first-order valence-electron chi connectivity index (χ1n) is 5.13. The smallest absolute Gasteiger partial charge is 0.128 e. The largest absolute Gasteiger partial charge is 0.357 e. The van der Waals surface area contributed by atoms with Gasteiger partial charge in [-0.25, -0.2) is 4.98 Å². The lowest BCUT2D eigenvalue weighted by atomic mass is 10.1. The van der Waals surface area contributed by atoms with Crippen molar-refractivity contribution < 1.29 is 0 Å². The molecule has 1 heterocycles. The molecule has 0 saturated heterocycles. The minimum Gasteiger partial charge on any atom is -0.357 e. The molecule has 0 unspecified atom stereocenters. The van der Waals surface area contributed by atoms with Gasteiger partial charge in [0.1, 0.15) is 5.82 Å². The molecule has 1 atom stereocenters. The molecule has 0 spiro atoms. The minimum atomic E-state index is 0.0874. The highest BCUT2D eigenvalue weighted by atomic mass is 15.2. The maximum atomic E-state index is 5.83. The number of rotatable bonds is 3. The Labute approximate surface area is 84.9 Å². The molecule has 1 saturated carbocycles. The lowest BCUT2D eigenvalue weighted by Gasteiger charge is -2.18. The van der Waals surface area contributed by atoms with Gasteiger partial charge < -0.3 is 10.6 Å². The van der Waals surface area contributed by atoms with Crippen LogP contribution in [0.5, 0.6) is 0 Å². The molecule has 2 rings (SSSR count). The van der Waals surface area contributed by atoms with Crippen LogP contribution in [0.2, 0.25) is 0 Å². The van der Waals surface area contributed by atoms with Gasteiger partial charge in [-0.3, -0.25) is 0 Å². The molecule has 1 aromatic heterocycles. The fourth-order valence-electron chi connectivity index (χ4n) is 1.56. The van der Waals surface area contributed by atoms with Gasteiger partial charge in [-0.05, 0) is 37.5 Å². The van der Waals surface area contributed by atoms with Gasteiger partial charge in [-0.15, -0.1) is 0 Å². The van der Waals surface area contributed by atoms with Crippen molar-refractivity contribution >= 4 is 5.82 Å². The Morgan fingerprint density at radius 2 is 2.29 bits per heavy atom. The first-order chi connectivity index (χ1) is 6.68. The topological polar surface area (TPSA) is 42.1 Å². The highest BCUT2D eigenvalue weighted by Gasteiger charge is 2.27. The summed E-state index contributed by atoms with van der Waals surface area (Å²) < 4.78 is 0. The van der Waals surface area contributed by atoms with E-state index in [-0.39, 0.29) is 6.04 Å². The molecule has 0 aromatic carbocycles. The number of hydrogen-bond acceptors (Lipinski definition) is 3. The Hall–Kier alpha value is -1.09. The molecule has 0 aliphatic heterocycles. The van der Waals surface area contributed by atoms with E-state index in [4.69, 9.17) is 5.73 Å². The van der Waals surface area contributed by atoms with Gasteiger partial charge in [-0.1, -0.05) is 0 Å². The van der Waals surface area contributed by atoms with E-state index >= 15 is 0 Å². The van der Waals surface area contributed by atoms with Crippen LogP contribution < -0.4 is 10.6 Å². The molecule has 0 radical (unpaired) electrons. The second-order valence-electron chi connectivity index (χ2n) is 4.08. The van der Waals surface area contributed by atoms with Crippen LogP contribution in [0.25, 0.3) is 0 Å². The summed E-state index contributed by atoms with van der Waals surface area (Å²) in [7, 11) is 2.10. The molecule has 3 nitrogen and oxygen atoms in total. The van der Waals surface area contributed by atoms with E-state index in [1.165, 1.54) is 12.8 Å². The molecule has 1 fully saturated rings. The minimum absolute atomic E-state index is 0.0874. The lowest BCUT2D eigenvalue weighted by Crippen LogP contribution is -2.21. The van der Waals surface area contributed by atoms with Crippen LogP contribution in [0.1, 0.15) is 31.4 Å². The average Bonchev–Trinajstić information content (AvgIpc) is 3.00. The third kappa shape index (κ3) is 1.87. The number of nitrogens with two attached hydrogens (primary N) is 1. The van der Waals surface area contributed by atoms with E-state index in [1.54, 1.807) is 0 Å². The van der Waals surface area contributed by atoms with Crippen LogP contribution in [-0.2, 0) is 0 Å². The molecule has 1 aliphatic rings. The van der Waals surface area contributed by atoms with Gasteiger partial charge >= 0.3 is 0 Å². The van der Waals surface area contributed by atoms with Gasteiger partial charge in [0.25, 0.3) is 0 Å². The van der Waals surface area contributed by atoms with Gasteiger partial charge in [0, 0.05) is 25.3 Å². The van der Waals surface area contributed by atoms with E-state index in [9.17, 15) is 0 Å². The van der Waals surface area contributed by atoms with Gasteiger partial charge in [-0.2, -0.15) is 0 Å². The highest BCUT2D eigenvalue weighted by molar-refractivity contribution is 5.43. The van der Waals surface area contributed by atoms with E-state index in [2.05, 4.69) is 23.0 Å². The molecule has 0 bridgehead atoms. The van der Waals surface area contributed by atoms with Crippen molar-refractivity contribution in [2.75, 3.05) is 11.9 Å².